The van der Waals surface area contributed by atoms with Crippen molar-refractivity contribution in [2.75, 3.05) is 32.8 Å². The summed E-state index contributed by atoms with van der Waals surface area (Å²) >= 11 is 0. The lowest BCUT2D eigenvalue weighted by Crippen LogP contribution is -2.38. The molecule has 0 amide bonds. The van der Waals surface area contributed by atoms with Crippen LogP contribution in [0.3, 0.4) is 0 Å². The van der Waals surface area contributed by atoms with Gasteiger partial charge < -0.3 is 4.74 Å². The van der Waals surface area contributed by atoms with Gasteiger partial charge in [-0.25, -0.2) is 0 Å². The zero-order valence-electron chi connectivity index (χ0n) is 10.5. The zero-order chi connectivity index (χ0) is 11.3. The molecule has 0 unspecified atom stereocenters. The van der Waals surface area contributed by atoms with Gasteiger partial charge in [0.25, 0.3) is 0 Å². The van der Waals surface area contributed by atoms with E-state index >= 15 is 0 Å². The fourth-order valence-electron chi connectivity index (χ4n) is 1.92. The second-order valence-corrected chi connectivity index (χ2v) is 5.05. The minimum absolute atomic E-state index is 0.285. The standard InChI is InChI=1S/C13H25NO/c1-5-12(2)13(3,4)6-7-14-8-10-15-11-9-14/h2,5-11H2,1,3-4H3. The largest absolute Gasteiger partial charge is 0.379 e. The van der Waals surface area contributed by atoms with E-state index in [0.29, 0.717) is 0 Å². The molecule has 2 nitrogen and oxygen atoms in total. The van der Waals surface area contributed by atoms with Gasteiger partial charge in [0.2, 0.25) is 0 Å². The Balaban J connectivity index is 2.31. The summed E-state index contributed by atoms with van der Waals surface area (Å²) in [6, 6.07) is 0. The van der Waals surface area contributed by atoms with E-state index in [1.54, 1.807) is 0 Å². The normalized spacial score (nSPS) is 19.1. The van der Waals surface area contributed by atoms with Crippen LogP contribution >= 0.6 is 0 Å². The average molecular weight is 211 g/mol. The first kappa shape index (κ1) is 12.7. The fraction of sp³-hybridized carbons (Fsp3) is 0.846. The Hall–Kier alpha value is -0.340. The van der Waals surface area contributed by atoms with Crippen molar-refractivity contribution in [2.24, 2.45) is 5.41 Å². The van der Waals surface area contributed by atoms with Crippen LogP contribution in [0.25, 0.3) is 0 Å². The molecule has 88 valence electrons. The Morgan fingerprint density at radius 3 is 2.47 bits per heavy atom. The van der Waals surface area contributed by atoms with Gasteiger partial charge in [-0.2, -0.15) is 0 Å². The molecule has 0 aliphatic carbocycles. The molecular weight excluding hydrogens is 186 g/mol. The summed E-state index contributed by atoms with van der Waals surface area (Å²) in [5.41, 5.74) is 1.66. The highest BCUT2D eigenvalue weighted by Crippen LogP contribution is 2.31. The minimum Gasteiger partial charge on any atom is -0.379 e. The Morgan fingerprint density at radius 2 is 1.93 bits per heavy atom. The summed E-state index contributed by atoms with van der Waals surface area (Å²) in [6.07, 6.45) is 2.30. The van der Waals surface area contributed by atoms with E-state index in [1.165, 1.54) is 18.5 Å². The van der Waals surface area contributed by atoms with Crippen molar-refractivity contribution in [3.8, 4) is 0 Å². The lowest BCUT2D eigenvalue weighted by molar-refractivity contribution is 0.0339. The molecule has 1 aliphatic rings. The van der Waals surface area contributed by atoms with Gasteiger partial charge in [-0.1, -0.05) is 32.9 Å². The van der Waals surface area contributed by atoms with E-state index in [0.717, 1.165) is 32.7 Å². The van der Waals surface area contributed by atoms with Gasteiger partial charge in [-0.05, 0) is 24.8 Å². The summed E-state index contributed by atoms with van der Waals surface area (Å²) < 4.78 is 5.34. The lowest BCUT2D eigenvalue weighted by Gasteiger charge is -2.32. The van der Waals surface area contributed by atoms with E-state index in [4.69, 9.17) is 4.74 Å². The maximum atomic E-state index is 5.34. The molecule has 0 aromatic carbocycles. The molecule has 1 heterocycles. The second kappa shape index (κ2) is 5.66. The Morgan fingerprint density at radius 1 is 1.33 bits per heavy atom. The number of hydrogen-bond acceptors (Lipinski definition) is 2. The Kier molecular flexibility index (Phi) is 4.81. The first-order chi connectivity index (χ1) is 7.06. The third-order valence-corrected chi connectivity index (χ3v) is 3.54. The zero-order valence-corrected chi connectivity index (χ0v) is 10.5. The van der Waals surface area contributed by atoms with Gasteiger partial charge in [-0.3, -0.25) is 4.90 Å². The lowest BCUT2D eigenvalue weighted by atomic mass is 9.80. The number of rotatable bonds is 5. The molecule has 2 heteroatoms. The van der Waals surface area contributed by atoms with Gasteiger partial charge in [0.05, 0.1) is 13.2 Å². The summed E-state index contributed by atoms with van der Waals surface area (Å²) in [5, 5.41) is 0. The summed E-state index contributed by atoms with van der Waals surface area (Å²) in [7, 11) is 0. The number of allylic oxidation sites excluding steroid dienone is 1. The first-order valence-electron chi connectivity index (χ1n) is 6.04. The molecule has 0 aromatic heterocycles. The van der Waals surface area contributed by atoms with Crippen LogP contribution in [0.4, 0.5) is 0 Å². The number of nitrogens with zero attached hydrogens (tertiary/aromatic N) is 1. The van der Waals surface area contributed by atoms with Crippen molar-refractivity contribution in [1.82, 2.24) is 4.90 Å². The molecule has 0 spiro atoms. The molecule has 0 radical (unpaired) electrons. The minimum atomic E-state index is 0.285. The summed E-state index contributed by atoms with van der Waals surface area (Å²) in [6.45, 7) is 16.1. The molecular formula is C13H25NO. The number of ether oxygens (including phenoxy) is 1. The van der Waals surface area contributed by atoms with Crippen molar-refractivity contribution in [1.29, 1.82) is 0 Å². The highest BCUT2D eigenvalue weighted by molar-refractivity contribution is 5.06. The van der Waals surface area contributed by atoms with E-state index in [1.807, 2.05) is 0 Å². The highest BCUT2D eigenvalue weighted by Gasteiger charge is 2.22. The van der Waals surface area contributed by atoms with Crippen LogP contribution in [0.2, 0.25) is 0 Å². The fourth-order valence-corrected chi connectivity index (χ4v) is 1.92. The summed E-state index contributed by atoms with van der Waals surface area (Å²) in [4.78, 5) is 2.49. The van der Waals surface area contributed by atoms with Crippen LogP contribution < -0.4 is 0 Å². The van der Waals surface area contributed by atoms with E-state index in [-0.39, 0.29) is 5.41 Å². The number of morpholine rings is 1. The van der Waals surface area contributed by atoms with Crippen LogP contribution in [0.15, 0.2) is 12.2 Å². The van der Waals surface area contributed by atoms with Crippen LogP contribution in [0, 0.1) is 5.41 Å². The van der Waals surface area contributed by atoms with Crippen molar-refractivity contribution in [3.05, 3.63) is 12.2 Å². The van der Waals surface area contributed by atoms with Crippen LogP contribution in [-0.2, 0) is 4.74 Å². The molecule has 1 rings (SSSR count). The van der Waals surface area contributed by atoms with Crippen molar-refractivity contribution in [2.45, 2.75) is 33.6 Å². The second-order valence-electron chi connectivity index (χ2n) is 5.05. The van der Waals surface area contributed by atoms with Crippen LogP contribution in [0.5, 0.6) is 0 Å². The molecule has 1 fully saturated rings. The third kappa shape index (κ3) is 3.96. The summed E-state index contributed by atoms with van der Waals surface area (Å²) in [5.74, 6) is 0. The molecule has 1 aliphatic heterocycles. The molecule has 0 saturated carbocycles. The SMILES string of the molecule is C=C(CC)C(C)(C)CCN1CCOCC1. The average Bonchev–Trinajstić information content (AvgIpc) is 2.27. The monoisotopic (exact) mass is 211 g/mol. The van der Waals surface area contributed by atoms with Gasteiger partial charge >= 0.3 is 0 Å². The van der Waals surface area contributed by atoms with Crippen LogP contribution in [-0.4, -0.2) is 37.7 Å². The molecule has 0 atom stereocenters. The maximum Gasteiger partial charge on any atom is 0.0594 e. The van der Waals surface area contributed by atoms with Crippen LogP contribution in [0.1, 0.15) is 33.6 Å². The quantitative estimate of drug-likeness (QED) is 0.648. The van der Waals surface area contributed by atoms with Gasteiger partial charge in [-0.15, -0.1) is 0 Å². The van der Waals surface area contributed by atoms with E-state index < -0.39 is 0 Å². The maximum absolute atomic E-state index is 5.34. The van der Waals surface area contributed by atoms with Gasteiger partial charge in [0.15, 0.2) is 0 Å². The highest BCUT2D eigenvalue weighted by atomic mass is 16.5. The molecule has 1 saturated heterocycles. The smallest absolute Gasteiger partial charge is 0.0594 e. The third-order valence-electron chi connectivity index (χ3n) is 3.54. The Labute approximate surface area is 94.3 Å². The van der Waals surface area contributed by atoms with Crippen molar-refractivity contribution >= 4 is 0 Å². The topological polar surface area (TPSA) is 12.5 Å². The van der Waals surface area contributed by atoms with E-state index in [2.05, 4.69) is 32.3 Å². The molecule has 15 heavy (non-hydrogen) atoms. The van der Waals surface area contributed by atoms with Gasteiger partial charge in [0, 0.05) is 13.1 Å². The van der Waals surface area contributed by atoms with Gasteiger partial charge in [0.1, 0.15) is 0 Å². The molecule has 0 aromatic rings. The number of hydrogen-bond donors (Lipinski definition) is 0. The molecule has 0 bridgehead atoms. The predicted molar refractivity (Wildman–Crippen MR) is 65.1 cm³/mol. The molecule has 0 N–H and O–H groups in total. The Bertz CT molecular complexity index is 205. The predicted octanol–water partition coefficient (Wildman–Crippen LogP) is 2.70. The first-order valence-corrected chi connectivity index (χ1v) is 6.04. The van der Waals surface area contributed by atoms with Crippen molar-refractivity contribution in [3.63, 3.8) is 0 Å². The van der Waals surface area contributed by atoms with Crippen molar-refractivity contribution < 1.29 is 4.74 Å². The van der Waals surface area contributed by atoms with E-state index in [9.17, 15) is 0 Å².